The molecule has 0 aromatic heterocycles. The molecule has 1 aliphatic heterocycles. The number of nitrogens with zero attached hydrogens (tertiary/aromatic N) is 1. The summed E-state index contributed by atoms with van der Waals surface area (Å²) >= 11 is 0. The fraction of sp³-hybridized carbons (Fsp3) is 0.360. The number of carbonyl (C=O) groups is 2. The zero-order chi connectivity index (χ0) is 20.9. The van der Waals surface area contributed by atoms with Crippen molar-refractivity contribution < 1.29 is 14.3 Å². The molecule has 1 N–H and O–H groups in total. The molecule has 156 valence electrons. The Labute approximate surface area is 177 Å². The van der Waals surface area contributed by atoms with Gasteiger partial charge in [0.2, 0.25) is 5.91 Å². The molecule has 2 aromatic rings. The highest BCUT2D eigenvalue weighted by atomic mass is 16.5. The molecular formula is C25H28N2O3. The van der Waals surface area contributed by atoms with Gasteiger partial charge in [0.05, 0.1) is 12.1 Å². The number of nitrogens with one attached hydrogen (secondary N) is 1. The van der Waals surface area contributed by atoms with E-state index in [9.17, 15) is 9.59 Å². The second-order valence-corrected chi connectivity index (χ2v) is 8.06. The third kappa shape index (κ3) is 4.56. The molecule has 0 spiro atoms. The van der Waals surface area contributed by atoms with E-state index in [4.69, 9.17) is 4.74 Å². The van der Waals surface area contributed by atoms with Crippen molar-refractivity contribution in [3.05, 3.63) is 77.5 Å². The van der Waals surface area contributed by atoms with Gasteiger partial charge in [-0.2, -0.15) is 0 Å². The van der Waals surface area contributed by atoms with Crippen LogP contribution in [0.25, 0.3) is 6.08 Å². The summed E-state index contributed by atoms with van der Waals surface area (Å²) in [4.78, 5) is 27.8. The highest BCUT2D eigenvalue weighted by Crippen LogP contribution is 2.33. The minimum absolute atomic E-state index is 0.0445. The van der Waals surface area contributed by atoms with Crippen LogP contribution in [0.4, 0.5) is 0 Å². The zero-order valence-electron chi connectivity index (χ0n) is 17.3. The van der Waals surface area contributed by atoms with E-state index in [1.165, 1.54) is 0 Å². The molecule has 2 fully saturated rings. The Hall–Kier alpha value is -3.08. The van der Waals surface area contributed by atoms with Crippen LogP contribution in [0.1, 0.15) is 49.8 Å². The predicted octanol–water partition coefficient (Wildman–Crippen LogP) is 4.07. The molecule has 2 aliphatic rings. The first-order chi connectivity index (χ1) is 14.6. The largest absolute Gasteiger partial charge is 0.482 e. The van der Waals surface area contributed by atoms with Gasteiger partial charge in [0, 0.05) is 0 Å². The smallest absolute Gasteiger partial charge is 0.289 e. The van der Waals surface area contributed by atoms with E-state index >= 15 is 0 Å². The van der Waals surface area contributed by atoms with Gasteiger partial charge in [-0.3, -0.25) is 9.59 Å². The van der Waals surface area contributed by atoms with Crippen LogP contribution in [-0.4, -0.2) is 35.4 Å². The van der Waals surface area contributed by atoms with Crippen LogP contribution in [0.3, 0.4) is 0 Å². The van der Waals surface area contributed by atoms with E-state index in [0.29, 0.717) is 5.76 Å². The molecule has 4 rings (SSSR count). The van der Waals surface area contributed by atoms with E-state index in [0.717, 1.165) is 36.8 Å². The molecule has 5 heteroatoms. The molecule has 0 bridgehead atoms. The van der Waals surface area contributed by atoms with Crippen LogP contribution in [0.2, 0.25) is 0 Å². The summed E-state index contributed by atoms with van der Waals surface area (Å²) in [6, 6.07) is 19.4. The molecule has 30 heavy (non-hydrogen) atoms. The van der Waals surface area contributed by atoms with E-state index in [-0.39, 0.29) is 36.5 Å². The predicted molar refractivity (Wildman–Crippen MR) is 116 cm³/mol. The molecule has 1 aliphatic carbocycles. The van der Waals surface area contributed by atoms with Gasteiger partial charge in [-0.25, -0.2) is 0 Å². The van der Waals surface area contributed by atoms with Crippen LogP contribution in [0, 0.1) is 0 Å². The Bertz CT molecular complexity index is 911. The maximum Gasteiger partial charge on any atom is 0.289 e. The first-order valence-corrected chi connectivity index (χ1v) is 10.7. The van der Waals surface area contributed by atoms with Crippen LogP contribution in [0.15, 0.2) is 66.4 Å². The number of ether oxygens (including phenoxy) is 1. The minimum atomic E-state index is -0.204. The molecule has 2 aromatic carbocycles. The minimum Gasteiger partial charge on any atom is -0.482 e. The number of carbonyl (C=O) groups excluding carboxylic acids is 2. The van der Waals surface area contributed by atoms with Crippen molar-refractivity contribution in [2.75, 3.05) is 6.54 Å². The maximum absolute atomic E-state index is 13.2. The van der Waals surface area contributed by atoms with Crippen molar-refractivity contribution in [3.63, 3.8) is 0 Å². The molecule has 5 nitrogen and oxygen atoms in total. The summed E-state index contributed by atoms with van der Waals surface area (Å²) in [5.74, 6) is -0.0252. The number of fused-ring (bicyclic) bond motifs is 1. The lowest BCUT2D eigenvalue weighted by Gasteiger charge is -2.44. The number of morpholine rings is 1. The fourth-order valence-electron chi connectivity index (χ4n) is 4.33. The Morgan fingerprint density at radius 1 is 1.10 bits per heavy atom. The fourth-order valence-corrected chi connectivity index (χ4v) is 4.33. The van der Waals surface area contributed by atoms with Crippen molar-refractivity contribution in [1.82, 2.24) is 10.2 Å². The standard InChI is InChI=1S/C25H28N2O3/c1-18(20-12-6-3-7-13-20)26-24(28)17-27-21-14-8-9-15-22(21)30-23(25(27)29)16-19-10-4-2-5-11-19/h2-7,10-13,16,18,21-22H,8-9,14-15,17H2,1H3,(H,26,28)/b23-16+. The van der Waals surface area contributed by atoms with Crippen LogP contribution in [0.5, 0.6) is 0 Å². The summed E-state index contributed by atoms with van der Waals surface area (Å²) in [6.07, 6.45) is 5.64. The highest BCUT2D eigenvalue weighted by molar-refractivity contribution is 5.98. The van der Waals surface area contributed by atoms with Crippen LogP contribution >= 0.6 is 0 Å². The molecule has 1 saturated carbocycles. The number of hydrogen-bond donors (Lipinski definition) is 1. The molecule has 3 atom stereocenters. The number of rotatable bonds is 5. The molecule has 1 heterocycles. The first-order valence-electron chi connectivity index (χ1n) is 10.7. The van der Waals surface area contributed by atoms with E-state index in [2.05, 4.69) is 5.32 Å². The molecular weight excluding hydrogens is 376 g/mol. The summed E-state index contributed by atoms with van der Waals surface area (Å²) in [5, 5.41) is 3.03. The molecule has 1 saturated heterocycles. The number of hydrogen-bond acceptors (Lipinski definition) is 3. The van der Waals surface area contributed by atoms with Gasteiger partial charge in [-0.15, -0.1) is 0 Å². The second-order valence-electron chi connectivity index (χ2n) is 8.06. The van der Waals surface area contributed by atoms with Gasteiger partial charge < -0.3 is 15.0 Å². The first kappa shape index (κ1) is 20.2. The van der Waals surface area contributed by atoms with Crippen LogP contribution < -0.4 is 5.32 Å². The SMILES string of the molecule is CC(NC(=O)CN1C(=O)/C(=C\c2ccccc2)OC2CCCCC21)c1ccccc1. The summed E-state index contributed by atoms with van der Waals surface area (Å²) in [7, 11) is 0. The normalized spacial score (nSPS) is 23.4. The van der Waals surface area contributed by atoms with Crippen molar-refractivity contribution in [1.29, 1.82) is 0 Å². The Balaban J connectivity index is 1.51. The number of amides is 2. The summed E-state index contributed by atoms with van der Waals surface area (Å²) < 4.78 is 6.11. The monoisotopic (exact) mass is 404 g/mol. The lowest BCUT2D eigenvalue weighted by atomic mass is 9.89. The van der Waals surface area contributed by atoms with Gasteiger partial charge in [0.1, 0.15) is 12.6 Å². The third-order valence-corrected chi connectivity index (χ3v) is 5.91. The van der Waals surface area contributed by atoms with E-state index < -0.39 is 0 Å². The highest BCUT2D eigenvalue weighted by Gasteiger charge is 2.42. The molecule has 3 unspecified atom stereocenters. The van der Waals surface area contributed by atoms with Crippen LogP contribution in [-0.2, 0) is 14.3 Å². The van der Waals surface area contributed by atoms with Gasteiger partial charge in [-0.1, -0.05) is 67.1 Å². The Morgan fingerprint density at radius 2 is 1.77 bits per heavy atom. The van der Waals surface area contributed by atoms with Gasteiger partial charge >= 0.3 is 0 Å². The average Bonchev–Trinajstić information content (AvgIpc) is 2.78. The van der Waals surface area contributed by atoms with Crippen molar-refractivity contribution >= 4 is 17.9 Å². The Morgan fingerprint density at radius 3 is 2.50 bits per heavy atom. The van der Waals surface area contributed by atoms with Gasteiger partial charge in [0.15, 0.2) is 5.76 Å². The molecule has 0 radical (unpaired) electrons. The second kappa shape index (κ2) is 9.16. The maximum atomic E-state index is 13.2. The lowest BCUT2D eigenvalue weighted by molar-refractivity contribution is -0.152. The van der Waals surface area contributed by atoms with Crippen molar-refractivity contribution in [2.24, 2.45) is 0 Å². The topological polar surface area (TPSA) is 58.6 Å². The summed E-state index contributed by atoms with van der Waals surface area (Å²) in [6.45, 7) is 2.01. The quantitative estimate of drug-likeness (QED) is 0.764. The molecule has 2 amide bonds. The number of benzene rings is 2. The van der Waals surface area contributed by atoms with Gasteiger partial charge in [-0.05, 0) is 43.4 Å². The van der Waals surface area contributed by atoms with E-state index in [1.807, 2.05) is 67.6 Å². The van der Waals surface area contributed by atoms with Crippen molar-refractivity contribution in [2.45, 2.75) is 50.8 Å². The van der Waals surface area contributed by atoms with E-state index in [1.54, 1.807) is 11.0 Å². The van der Waals surface area contributed by atoms with Gasteiger partial charge in [0.25, 0.3) is 5.91 Å². The Kier molecular flexibility index (Phi) is 6.17. The van der Waals surface area contributed by atoms with Crippen molar-refractivity contribution in [3.8, 4) is 0 Å². The third-order valence-electron chi connectivity index (χ3n) is 5.91. The zero-order valence-corrected chi connectivity index (χ0v) is 17.3. The average molecular weight is 405 g/mol. The lowest BCUT2D eigenvalue weighted by Crippen LogP contribution is -2.57. The summed E-state index contributed by atoms with van der Waals surface area (Å²) in [5.41, 5.74) is 1.96.